The summed E-state index contributed by atoms with van der Waals surface area (Å²) in [6.07, 6.45) is 0. The van der Waals surface area contributed by atoms with Crippen molar-refractivity contribution in [3.8, 4) is 11.5 Å². The lowest BCUT2D eigenvalue weighted by molar-refractivity contribution is 0.538. The Kier molecular flexibility index (Phi) is 3.49. The van der Waals surface area contributed by atoms with Crippen LogP contribution in [0.1, 0.15) is 22.7 Å². The summed E-state index contributed by atoms with van der Waals surface area (Å²) < 4.78 is 8.22. The smallest absolute Gasteiger partial charge is 0.226 e. The molecule has 2 heterocycles. The highest BCUT2D eigenvalue weighted by molar-refractivity contribution is 5.81. The molecule has 24 heavy (non-hydrogen) atoms. The summed E-state index contributed by atoms with van der Waals surface area (Å²) in [7, 11) is 0. The first-order valence-corrected chi connectivity index (χ1v) is 8.20. The maximum Gasteiger partial charge on any atom is 0.226 e. The van der Waals surface area contributed by atoms with E-state index in [1.165, 1.54) is 22.2 Å². The molecular weight excluding hydrogens is 296 g/mol. The van der Waals surface area contributed by atoms with E-state index in [4.69, 9.17) is 9.40 Å². The molecule has 0 atom stereocenters. The molecule has 120 valence electrons. The van der Waals surface area contributed by atoms with Crippen LogP contribution in [0, 0.1) is 20.8 Å². The Morgan fingerprint density at radius 2 is 1.79 bits per heavy atom. The van der Waals surface area contributed by atoms with Gasteiger partial charge in [-0.2, -0.15) is 0 Å². The normalized spacial score (nSPS) is 11.3. The maximum absolute atomic E-state index is 5.93. The molecule has 0 unspecified atom stereocenters. The van der Waals surface area contributed by atoms with E-state index in [0.29, 0.717) is 5.89 Å². The average molecular weight is 316 g/mol. The molecule has 4 aromatic rings. The number of rotatable bonds is 3. The second kappa shape index (κ2) is 5.68. The van der Waals surface area contributed by atoms with Gasteiger partial charge in [0.2, 0.25) is 5.89 Å². The van der Waals surface area contributed by atoms with Crippen molar-refractivity contribution in [3.63, 3.8) is 0 Å². The topological polar surface area (TPSA) is 31.0 Å². The van der Waals surface area contributed by atoms with Gasteiger partial charge in [-0.1, -0.05) is 35.9 Å². The minimum atomic E-state index is 0.695. The van der Waals surface area contributed by atoms with Gasteiger partial charge in [-0.15, -0.1) is 0 Å². The standard InChI is InChI=1S/C21H20N2O/c1-14-7-6-9-18(11-14)21-22-19(16(3)24-21)13-23-15(2)12-17-8-4-5-10-20(17)23/h4-12H,13H2,1-3H3. The molecule has 0 aliphatic rings. The first-order valence-electron chi connectivity index (χ1n) is 8.20. The van der Waals surface area contributed by atoms with E-state index in [9.17, 15) is 0 Å². The highest BCUT2D eigenvalue weighted by Crippen LogP contribution is 2.25. The number of aromatic nitrogens is 2. The van der Waals surface area contributed by atoms with Gasteiger partial charge in [-0.25, -0.2) is 4.98 Å². The van der Waals surface area contributed by atoms with Gasteiger partial charge >= 0.3 is 0 Å². The van der Waals surface area contributed by atoms with Crippen molar-refractivity contribution in [1.82, 2.24) is 9.55 Å². The van der Waals surface area contributed by atoms with Gasteiger partial charge in [0.15, 0.2) is 0 Å². The van der Waals surface area contributed by atoms with E-state index in [1.54, 1.807) is 0 Å². The van der Waals surface area contributed by atoms with E-state index in [1.807, 2.05) is 19.1 Å². The summed E-state index contributed by atoms with van der Waals surface area (Å²) in [5.74, 6) is 1.57. The molecule has 3 heteroatoms. The van der Waals surface area contributed by atoms with Gasteiger partial charge in [0.25, 0.3) is 0 Å². The molecule has 2 aromatic carbocycles. The number of benzene rings is 2. The van der Waals surface area contributed by atoms with Gasteiger partial charge in [0.1, 0.15) is 11.5 Å². The maximum atomic E-state index is 5.93. The SMILES string of the molecule is Cc1cccc(-c2nc(Cn3c(C)cc4ccccc43)c(C)o2)c1. The monoisotopic (exact) mass is 316 g/mol. The van der Waals surface area contributed by atoms with Crippen molar-refractivity contribution in [2.45, 2.75) is 27.3 Å². The lowest BCUT2D eigenvalue weighted by Gasteiger charge is -2.06. The predicted molar refractivity (Wildman–Crippen MR) is 97.2 cm³/mol. The Balaban J connectivity index is 1.74. The van der Waals surface area contributed by atoms with Crippen molar-refractivity contribution in [2.75, 3.05) is 0 Å². The van der Waals surface area contributed by atoms with Gasteiger partial charge < -0.3 is 8.98 Å². The Hall–Kier alpha value is -2.81. The van der Waals surface area contributed by atoms with Crippen molar-refractivity contribution in [3.05, 3.63) is 77.3 Å². The fourth-order valence-electron chi connectivity index (χ4n) is 3.18. The van der Waals surface area contributed by atoms with E-state index >= 15 is 0 Å². The van der Waals surface area contributed by atoms with Crippen molar-refractivity contribution in [1.29, 1.82) is 0 Å². The molecule has 0 fully saturated rings. The van der Waals surface area contributed by atoms with Crippen LogP contribution in [0.15, 0.2) is 59.0 Å². The number of oxazole rings is 1. The summed E-state index contributed by atoms with van der Waals surface area (Å²) in [5.41, 5.74) is 5.68. The first kappa shape index (κ1) is 14.8. The Morgan fingerprint density at radius 1 is 0.958 bits per heavy atom. The largest absolute Gasteiger partial charge is 0.441 e. The fourth-order valence-corrected chi connectivity index (χ4v) is 3.18. The van der Waals surface area contributed by atoms with E-state index in [-0.39, 0.29) is 0 Å². The zero-order valence-electron chi connectivity index (χ0n) is 14.2. The summed E-state index contributed by atoms with van der Waals surface area (Å²) in [5, 5.41) is 1.26. The second-order valence-electron chi connectivity index (χ2n) is 6.32. The van der Waals surface area contributed by atoms with Crippen LogP contribution in [-0.2, 0) is 6.54 Å². The van der Waals surface area contributed by atoms with Gasteiger partial charge in [0.05, 0.1) is 6.54 Å². The van der Waals surface area contributed by atoms with Gasteiger partial charge in [0, 0.05) is 16.8 Å². The number of hydrogen-bond acceptors (Lipinski definition) is 2. The molecule has 0 aliphatic carbocycles. The van der Waals surface area contributed by atoms with Crippen LogP contribution in [0.4, 0.5) is 0 Å². The first-order chi connectivity index (χ1) is 11.6. The van der Waals surface area contributed by atoms with Crippen LogP contribution in [0.5, 0.6) is 0 Å². The summed E-state index contributed by atoms with van der Waals surface area (Å²) in [6, 6.07) is 18.9. The fraction of sp³-hybridized carbons (Fsp3) is 0.190. The molecule has 3 nitrogen and oxygen atoms in total. The number of hydrogen-bond donors (Lipinski definition) is 0. The molecule has 0 aliphatic heterocycles. The van der Waals surface area contributed by atoms with Crippen LogP contribution in [0.3, 0.4) is 0 Å². The van der Waals surface area contributed by atoms with Crippen molar-refractivity contribution in [2.24, 2.45) is 0 Å². The second-order valence-corrected chi connectivity index (χ2v) is 6.32. The minimum Gasteiger partial charge on any atom is -0.441 e. The molecule has 0 radical (unpaired) electrons. The number of nitrogens with zero attached hydrogens (tertiary/aromatic N) is 2. The van der Waals surface area contributed by atoms with E-state index in [2.05, 4.69) is 60.9 Å². The average Bonchev–Trinajstić information content (AvgIpc) is 3.09. The molecule has 0 bridgehead atoms. The molecular formula is C21H20N2O. The third-order valence-corrected chi connectivity index (χ3v) is 4.48. The van der Waals surface area contributed by atoms with Crippen molar-refractivity contribution < 1.29 is 4.42 Å². The number of para-hydroxylation sites is 1. The quantitative estimate of drug-likeness (QED) is 0.515. The third-order valence-electron chi connectivity index (χ3n) is 4.48. The molecule has 0 saturated carbocycles. The molecule has 0 saturated heterocycles. The molecule has 0 spiro atoms. The summed E-state index contributed by atoms with van der Waals surface area (Å²) in [4.78, 5) is 4.76. The third kappa shape index (κ3) is 2.52. The van der Waals surface area contributed by atoms with E-state index < -0.39 is 0 Å². The Bertz CT molecular complexity index is 1020. The number of aryl methyl sites for hydroxylation is 3. The Labute approximate surface area is 141 Å². The zero-order chi connectivity index (χ0) is 16.7. The van der Waals surface area contributed by atoms with Crippen LogP contribution in [-0.4, -0.2) is 9.55 Å². The van der Waals surface area contributed by atoms with Gasteiger partial charge in [-0.05, 0) is 50.4 Å². The number of fused-ring (bicyclic) bond motifs is 1. The van der Waals surface area contributed by atoms with Crippen LogP contribution >= 0.6 is 0 Å². The molecule has 4 rings (SSSR count). The van der Waals surface area contributed by atoms with E-state index in [0.717, 1.165) is 23.6 Å². The van der Waals surface area contributed by atoms with Crippen LogP contribution in [0.25, 0.3) is 22.4 Å². The summed E-state index contributed by atoms with van der Waals surface area (Å²) in [6.45, 7) is 6.93. The molecule has 2 aromatic heterocycles. The Morgan fingerprint density at radius 3 is 2.62 bits per heavy atom. The zero-order valence-corrected chi connectivity index (χ0v) is 14.2. The van der Waals surface area contributed by atoms with Crippen LogP contribution in [0.2, 0.25) is 0 Å². The minimum absolute atomic E-state index is 0.695. The van der Waals surface area contributed by atoms with Crippen LogP contribution < -0.4 is 0 Å². The predicted octanol–water partition coefficient (Wildman–Crippen LogP) is 5.27. The molecule has 0 amide bonds. The summed E-state index contributed by atoms with van der Waals surface area (Å²) >= 11 is 0. The van der Waals surface area contributed by atoms with Crippen molar-refractivity contribution >= 4 is 10.9 Å². The lowest BCUT2D eigenvalue weighted by atomic mass is 10.1. The highest BCUT2D eigenvalue weighted by atomic mass is 16.4. The lowest BCUT2D eigenvalue weighted by Crippen LogP contribution is -2.03. The molecule has 0 N–H and O–H groups in total. The van der Waals surface area contributed by atoms with Gasteiger partial charge in [-0.3, -0.25) is 0 Å². The highest BCUT2D eigenvalue weighted by Gasteiger charge is 2.14.